The Morgan fingerprint density at radius 2 is 1.64 bits per heavy atom. The molecule has 0 spiro atoms. The van der Waals surface area contributed by atoms with Crippen LogP contribution in [0.4, 0.5) is 29.3 Å². The predicted molar refractivity (Wildman–Crippen MR) is 155 cm³/mol. The number of hydrogen-bond acceptors (Lipinski definition) is 5. The third-order valence-corrected chi connectivity index (χ3v) is 9.23. The number of halogens is 4. The standard InChI is InChI=1S/C30H39ClF3N5O3/c1-28(2,3)42-27(41)38-15-9-21(10-16-38)20-7-13-37(14-8-20)23-18-35-39(19-23)29(11-4-12-29)26(40)36-25-6-5-22(17-24(25)31)30(32,33)34/h5-6,17-21H,4,7-16H2,1-3H3,(H,36,40). The molecule has 2 aromatic rings. The Balaban J connectivity index is 1.16. The van der Waals surface area contributed by atoms with Crippen molar-refractivity contribution in [3.05, 3.63) is 41.2 Å². The van der Waals surface area contributed by atoms with E-state index in [2.05, 4.69) is 15.3 Å². The van der Waals surface area contributed by atoms with Crippen LogP contribution in [0.25, 0.3) is 0 Å². The van der Waals surface area contributed by atoms with Gasteiger partial charge in [0.2, 0.25) is 0 Å². The number of hydrogen-bond donors (Lipinski definition) is 1. The molecule has 0 atom stereocenters. The van der Waals surface area contributed by atoms with Crippen LogP contribution >= 0.6 is 11.6 Å². The maximum atomic E-state index is 13.4. The SMILES string of the molecule is CC(C)(C)OC(=O)N1CCC(C2CCN(c3cnn(C4(C(=O)Nc5ccc(C(F)(F)F)cc5Cl)CCC4)c3)CC2)CC1. The summed E-state index contributed by atoms with van der Waals surface area (Å²) in [6.45, 7) is 8.90. The molecule has 3 fully saturated rings. The zero-order valence-electron chi connectivity index (χ0n) is 24.3. The van der Waals surface area contributed by atoms with Gasteiger partial charge in [0.15, 0.2) is 0 Å². The molecule has 3 heterocycles. The van der Waals surface area contributed by atoms with Crippen molar-refractivity contribution in [2.45, 2.75) is 83.0 Å². The van der Waals surface area contributed by atoms with Crippen molar-refractivity contribution in [3.63, 3.8) is 0 Å². The predicted octanol–water partition coefficient (Wildman–Crippen LogP) is 6.94. The van der Waals surface area contributed by atoms with E-state index >= 15 is 0 Å². The number of anilines is 2. The number of nitrogens with one attached hydrogen (secondary N) is 1. The van der Waals surface area contributed by atoms with Gasteiger partial charge in [-0.15, -0.1) is 0 Å². The third kappa shape index (κ3) is 6.50. The summed E-state index contributed by atoms with van der Waals surface area (Å²) < 4.78 is 46.3. The molecule has 3 aliphatic rings. The molecule has 1 N–H and O–H groups in total. The molecule has 1 saturated carbocycles. The van der Waals surface area contributed by atoms with E-state index in [9.17, 15) is 22.8 Å². The summed E-state index contributed by atoms with van der Waals surface area (Å²) in [6, 6.07) is 2.93. The van der Waals surface area contributed by atoms with Crippen LogP contribution in [0.15, 0.2) is 30.6 Å². The molecule has 5 rings (SSSR count). The summed E-state index contributed by atoms with van der Waals surface area (Å²) in [4.78, 5) is 29.9. The summed E-state index contributed by atoms with van der Waals surface area (Å²) in [5.74, 6) is 0.864. The number of ether oxygens (including phenoxy) is 1. The fraction of sp³-hybridized carbons (Fsp3) is 0.633. The summed E-state index contributed by atoms with van der Waals surface area (Å²) in [6.07, 6.45) is 5.07. The molecule has 2 saturated heterocycles. The summed E-state index contributed by atoms with van der Waals surface area (Å²) in [5, 5.41) is 7.14. The number of carbonyl (C=O) groups excluding carboxylic acids is 2. The lowest BCUT2D eigenvalue weighted by atomic mass is 9.76. The lowest BCUT2D eigenvalue weighted by molar-refractivity contribution is -0.137. The van der Waals surface area contributed by atoms with E-state index in [1.807, 2.05) is 31.9 Å². The molecule has 12 heteroatoms. The van der Waals surface area contributed by atoms with E-state index in [0.717, 1.165) is 76.1 Å². The van der Waals surface area contributed by atoms with E-state index in [0.29, 0.717) is 24.7 Å². The second-order valence-corrected chi connectivity index (χ2v) is 13.2. The number of rotatable bonds is 5. The minimum absolute atomic E-state index is 0.146. The van der Waals surface area contributed by atoms with Crippen LogP contribution in [0.2, 0.25) is 5.02 Å². The average Bonchev–Trinajstić information content (AvgIpc) is 3.38. The Kier molecular flexibility index (Phi) is 8.44. The van der Waals surface area contributed by atoms with Gasteiger partial charge in [-0.2, -0.15) is 18.3 Å². The fourth-order valence-corrected chi connectivity index (χ4v) is 6.55. The zero-order valence-corrected chi connectivity index (χ0v) is 25.1. The molecule has 8 nitrogen and oxygen atoms in total. The molecular formula is C30H39ClF3N5O3. The molecule has 0 bridgehead atoms. The fourth-order valence-electron chi connectivity index (χ4n) is 6.32. The van der Waals surface area contributed by atoms with Gasteiger partial charge in [0.1, 0.15) is 11.1 Å². The van der Waals surface area contributed by atoms with E-state index in [1.165, 1.54) is 6.07 Å². The first kappa shape index (κ1) is 30.5. The van der Waals surface area contributed by atoms with Crippen LogP contribution < -0.4 is 10.2 Å². The van der Waals surface area contributed by atoms with Crippen molar-refractivity contribution >= 4 is 35.0 Å². The van der Waals surface area contributed by atoms with Gasteiger partial charge < -0.3 is 19.9 Å². The van der Waals surface area contributed by atoms with Crippen LogP contribution in [0.5, 0.6) is 0 Å². The molecule has 0 radical (unpaired) electrons. The average molecular weight is 610 g/mol. The van der Waals surface area contributed by atoms with Gasteiger partial charge in [-0.25, -0.2) is 4.79 Å². The van der Waals surface area contributed by atoms with Crippen LogP contribution in [0.3, 0.4) is 0 Å². The van der Waals surface area contributed by atoms with E-state index in [4.69, 9.17) is 16.3 Å². The monoisotopic (exact) mass is 609 g/mol. The quantitative estimate of drug-likeness (QED) is 0.397. The van der Waals surface area contributed by atoms with Crippen LogP contribution in [0.1, 0.15) is 71.3 Å². The first-order chi connectivity index (χ1) is 19.7. The number of likely N-dealkylation sites (tertiary alicyclic amines) is 1. The van der Waals surface area contributed by atoms with E-state index < -0.39 is 22.9 Å². The summed E-state index contributed by atoms with van der Waals surface area (Å²) in [7, 11) is 0. The highest BCUT2D eigenvalue weighted by Crippen LogP contribution is 2.42. The molecular weight excluding hydrogens is 571 g/mol. The first-order valence-corrected chi connectivity index (χ1v) is 15.1. The number of benzene rings is 1. The van der Waals surface area contributed by atoms with Crippen LogP contribution in [-0.4, -0.2) is 58.5 Å². The number of nitrogens with zero attached hydrogens (tertiary/aromatic N) is 4. The van der Waals surface area contributed by atoms with Crippen molar-refractivity contribution in [1.82, 2.24) is 14.7 Å². The molecule has 42 heavy (non-hydrogen) atoms. The van der Waals surface area contributed by atoms with Crippen LogP contribution in [-0.2, 0) is 21.2 Å². The second-order valence-electron chi connectivity index (χ2n) is 12.8. The minimum Gasteiger partial charge on any atom is -0.444 e. The number of aromatic nitrogens is 2. The highest BCUT2D eigenvalue weighted by Gasteiger charge is 2.47. The molecule has 2 amide bonds. The molecule has 1 aromatic carbocycles. The molecule has 0 unspecified atom stereocenters. The van der Waals surface area contributed by atoms with Crippen molar-refractivity contribution in [2.75, 3.05) is 36.4 Å². The lowest BCUT2D eigenvalue weighted by Crippen LogP contribution is -2.51. The minimum atomic E-state index is -4.51. The van der Waals surface area contributed by atoms with Crippen molar-refractivity contribution in [2.24, 2.45) is 11.8 Å². The number of carbonyl (C=O) groups is 2. The van der Waals surface area contributed by atoms with Crippen LogP contribution in [0, 0.1) is 11.8 Å². The highest BCUT2D eigenvalue weighted by atomic mass is 35.5. The maximum Gasteiger partial charge on any atom is 0.416 e. The van der Waals surface area contributed by atoms with Crippen molar-refractivity contribution < 1.29 is 27.5 Å². The van der Waals surface area contributed by atoms with Gasteiger partial charge in [0, 0.05) is 32.4 Å². The Hall–Kier alpha value is -2.95. The van der Waals surface area contributed by atoms with E-state index in [1.54, 1.807) is 10.9 Å². The molecule has 2 aliphatic heterocycles. The van der Waals surface area contributed by atoms with Gasteiger partial charge in [-0.1, -0.05) is 11.6 Å². The Morgan fingerprint density at radius 1 is 1.02 bits per heavy atom. The number of alkyl halides is 3. The van der Waals surface area contributed by atoms with Crippen molar-refractivity contribution in [1.29, 1.82) is 0 Å². The topological polar surface area (TPSA) is 79.7 Å². The summed E-state index contributed by atoms with van der Waals surface area (Å²) >= 11 is 6.09. The van der Waals surface area contributed by atoms with Gasteiger partial charge in [-0.05, 0) is 95.8 Å². The Morgan fingerprint density at radius 3 is 2.17 bits per heavy atom. The lowest BCUT2D eigenvalue weighted by Gasteiger charge is -2.41. The zero-order chi connectivity index (χ0) is 30.3. The van der Waals surface area contributed by atoms with Gasteiger partial charge in [-0.3, -0.25) is 9.48 Å². The molecule has 1 aromatic heterocycles. The summed E-state index contributed by atoms with van der Waals surface area (Å²) in [5.41, 5.74) is -1.15. The Labute approximate surface area is 249 Å². The largest absolute Gasteiger partial charge is 0.444 e. The van der Waals surface area contributed by atoms with Gasteiger partial charge in [0.25, 0.3) is 5.91 Å². The maximum absolute atomic E-state index is 13.4. The van der Waals surface area contributed by atoms with Gasteiger partial charge >= 0.3 is 12.3 Å². The van der Waals surface area contributed by atoms with Gasteiger partial charge in [0.05, 0.1) is 28.2 Å². The molecule has 1 aliphatic carbocycles. The number of piperidine rings is 2. The Bertz CT molecular complexity index is 1290. The van der Waals surface area contributed by atoms with E-state index in [-0.39, 0.29) is 22.7 Å². The molecule has 230 valence electrons. The second kappa shape index (κ2) is 11.6. The highest BCUT2D eigenvalue weighted by molar-refractivity contribution is 6.33. The first-order valence-electron chi connectivity index (χ1n) is 14.7. The number of amides is 2. The normalized spacial score (nSPS) is 20.3. The third-order valence-electron chi connectivity index (χ3n) is 8.92. The smallest absolute Gasteiger partial charge is 0.416 e. The van der Waals surface area contributed by atoms with Crippen molar-refractivity contribution in [3.8, 4) is 0 Å².